The van der Waals surface area contributed by atoms with Gasteiger partial charge in [0.25, 0.3) is 0 Å². The van der Waals surface area contributed by atoms with Gasteiger partial charge in [-0.25, -0.2) is 5.90 Å². The molecule has 0 unspecified atom stereocenters. The first-order chi connectivity index (χ1) is 5.84. The molecule has 0 amide bonds. The second kappa shape index (κ2) is 4.70. The molecule has 1 aromatic rings. The summed E-state index contributed by atoms with van der Waals surface area (Å²) in [5, 5.41) is 0. The minimum Gasteiger partial charge on any atom is -0.300 e. The van der Waals surface area contributed by atoms with Gasteiger partial charge in [0.1, 0.15) is 0 Å². The molecule has 0 spiro atoms. The van der Waals surface area contributed by atoms with Gasteiger partial charge in [-0.2, -0.15) is 0 Å². The van der Waals surface area contributed by atoms with E-state index in [0.29, 0.717) is 6.61 Å². The summed E-state index contributed by atoms with van der Waals surface area (Å²) in [6.45, 7) is 2.53. The zero-order valence-electron chi connectivity index (χ0n) is 7.16. The lowest BCUT2D eigenvalue weighted by atomic mass is 10.1. The Kier molecular flexibility index (Phi) is 3.51. The van der Waals surface area contributed by atoms with Gasteiger partial charge >= 0.3 is 0 Å². The highest BCUT2D eigenvalue weighted by Crippen LogP contribution is 2.08. The van der Waals surface area contributed by atoms with Crippen molar-refractivity contribution in [2.75, 3.05) is 6.61 Å². The predicted molar refractivity (Wildman–Crippen MR) is 50.4 cm³/mol. The Balaban J connectivity index is 2.68. The van der Waals surface area contributed by atoms with Gasteiger partial charge in [0.15, 0.2) is 0 Å². The molecule has 2 N–H and O–H groups in total. The summed E-state index contributed by atoms with van der Waals surface area (Å²) in [4.78, 5) is 4.42. The maximum absolute atomic E-state index is 4.88. The second-order valence-corrected chi connectivity index (χ2v) is 2.59. The molecule has 2 nitrogen and oxygen atoms in total. The normalized spacial score (nSPS) is 10.8. The highest BCUT2D eigenvalue weighted by molar-refractivity contribution is 5.53. The zero-order valence-corrected chi connectivity index (χ0v) is 7.16. The smallest absolute Gasteiger partial charge is 0.0864 e. The van der Waals surface area contributed by atoms with Crippen LogP contribution in [0.1, 0.15) is 11.1 Å². The topological polar surface area (TPSA) is 35.2 Å². The molecule has 0 bridgehead atoms. The van der Waals surface area contributed by atoms with Crippen LogP contribution in [0.15, 0.2) is 30.3 Å². The maximum Gasteiger partial charge on any atom is 0.0864 e. The molecular formula is C10H13NO. The van der Waals surface area contributed by atoms with E-state index in [4.69, 9.17) is 5.90 Å². The summed E-state index contributed by atoms with van der Waals surface area (Å²) in [7, 11) is 0. The van der Waals surface area contributed by atoms with Crippen LogP contribution in [0, 0.1) is 6.92 Å². The van der Waals surface area contributed by atoms with Crippen LogP contribution in [0.5, 0.6) is 0 Å². The molecule has 0 aliphatic heterocycles. The van der Waals surface area contributed by atoms with E-state index in [1.807, 2.05) is 24.3 Å². The Morgan fingerprint density at radius 3 is 2.83 bits per heavy atom. The van der Waals surface area contributed by atoms with Crippen LogP contribution in [-0.4, -0.2) is 6.61 Å². The molecule has 2 heteroatoms. The Morgan fingerprint density at radius 2 is 2.17 bits per heavy atom. The lowest BCUT2D eigenvalue weighted by molar-refractivity contribution is 0.168. The Labute approximate surface area is 72.6 Å². The van der Waals surface area contributed by atoms with Crippen LogP contribution in [0.4, 0.5) is 0 Å². The molecule has 0 saturated heterocycles. The van der Waals surface area contributed by atoms with E-state index >= 15 is 0 Å². The molecule has 0 aromatic heterocycles. The lowest BCUT2D eigenvalue weighted by Gasteiger charge is -1.97. The molecule has 0 radical (unpaired) electrons. The molecule has 12 heavy (non-hydrogen) atoms. The van der Waals surface area contributed by atoms with Crippen molar-refractivity contribution in [1.82, 2.24) is 0 Å². The number of hydrogen-bond acceptors (Lipinski definition) is 2. The van der Waals surface area contributed by atoms with Crippen molar-refractivity contribution < 1.29 is 4.84 Å². The van der Waals surface area contributed by atoms with Gasteiger partial charge in [0.05, 0.1) is 6.61 Å². The van der Waals surface area contributed by atoms with Gasteiger partial charge in [-0.15, -0.1) is 0 Å². The van der Waals surface area contributed by atoms with Crippen molar-refractivity contribution in [3.05, 3.63) is 41.5 Å². The minimum atomic E-state index is 0.453. The van der Waals surface area contributed by atoms with Crippen LogP contribution >= 0.6 is 0 Å². The fourth-order valence-electron chi connectivity index (χ4n) is 1.00. The Hall–Kier alpha value is -1.12. The van der Waals surface area contributed by atoms with Crippen molar-refractivity contribution >= 4 is 6.08 Å². The first-order valence-corrected chi connectivity index (χ1v) is 3.88. The van der Waals surface area contributed by atoms with E-state index in [9.17, 15) is 0 Å². The lowest BCUT2D eigenvalue weighted by Crippen LogP contribution is -1.96. The van der Waals surface area contributed by atoms with Crippen molar-refractivity contribution in [2.24, 2.45) is 5.90 Å². The molecular weight excluding hydrogens is 150 g/mol. The molecule has 0 fully saturated rings. The third-order valence-corrected chi connectivity index (χ3v) is 1.68. The fraction of sp³-hybridized carbons (Fsp3) is 0.200. The van der Waals surface area contributed by atoms with E-state index in [1.54, 1.807) is 0 Å². The van der Waals surface area contributed by atoms with Crippen LogP contribution in [-0.2, 0) is 4.84 Å². The highest BCUT2D eigenvalue weighted by atomic mass is 16.6. The third-order valence-electron chi connectivity index (χ3n) is 1.68. The molecule has 64 valence electrons. The fourth-order valence-corrected chi connectivity index (χ4v) is 1.00. The molecule has 0 atom stereocenters. The first-order valence-electron chi connectivity index (χ1n) is 3.88. The van der Waals surface area contributed by atoms with Crippen LogP contribution in [0.25, 0.3) is 6.08 Å². The summed E-state index contributed by atoms with van der Waals surface area (Å²) >= 11 is 0. The molecule has 1 rings (SSSR count). The van der Waals surface area contributed by atoms with Crippen LogP contribution < -0.4 is 5.90 Å². The summed E-state index contributed by atoms with van der Waals surface area (Å²) in [5.74, 6) is 4.88. The number of rotatable bonds is 3. The van der Waals surface area contributed by atoms with Crippen molar-refractivity contribution in [3.8, 4) is 0 Å². The Bertz CT molecular complexity index is 268. The van der Waals surface area contributed by atoms with Gasteiger partial charge in [-0.3, -0.25) is 0 Å². The highest BCUT2D eigenvalue weighted by Gasteiger charge is 1.89. The van der Waals surface area contributed by atoms with Crippen LogP contribution in [0.2, 0.25) is 0 Å². The number of aryl methyl sites for hydroxylation is 1. The summed E-state index contributed by atoms with van der Waals surface area (Å²) in [5.41, 5.74) is 2.46. The zero-order chi connectivity index (χ0) is 8.81. The molecule has 0 aliphatic rings. The predicted octanol–water partition coefficient (Wildman–Crippen LogP) is 1.90. The van der Waals surface area contributed by atoms with Gasteiger partial charge in [-0.1, -0.05) is 36.4 Å². The largest absolute Gasteiger partial charge is 0.300 e. The van der Waals surface area contributed by atoms with E-state index in [1.165, 1.54) is 11.1 Å². The van der Waals surface area contributed by atoms with Crippen molar-refractivity contribution in [3.63, 3.8) is 0 Å². The minimum absolute atomic E-state index is 0.453. The SMILES string of the molecule is Cc1ccccc1/C=C/CON. The molecule has 0 heterocycles. The monoisotopic (exact) mass is 163 g/mol. The number of nitrogens with two attached hydrogens (primary N) is 1. The quantitative estimate of drug-likeness (QED) is 0.691. The van der Waals surface area contributed by atoms with Gasteiger partial charge < -0.3 is 4.84 Å². The van der Waals surface area contributed by atoms with Gasteiger partial charge in [-0.05, 0) is 18.1 Å². The molecule has 1 aromatic carbocycles. The van der Waals surface area contributed by atoms with Crippen LogP contribution in [0.3, 0.4) is 0 Å². The first kappa shape index (κ1) is 8.97. The van der Waals surface area contributed by atoms with Gasteiger partial charge in [0, 0.05) is 0 Å². The Morgan fingerprint density at radius 1 is 1.42 bits per heavy atom. The van der Waals surface area contributed by atoms with E-state index in [-0.39, 0.29) is 0 Å². The maximum atomic E-state index is 4.88. The summed E-state index contributed by atoms with van der Waals surface area (Å²) in [6, 6.07) is 8.16. The van der Waals surface area contributed by atoms with Crippen molar-refractivity contribution in [2.45, 2.75) is 6.92 Å². The summed E-state index contributed by atoms with van der Waals surface area (Å²) in [6.07, 6.45) is 3.89. The van der Waals surface area contributed by atoms with E-state index in [2.05, 4.69) is 23.9 Å². The third kappa shape index (κ3) is 2.49. The van der Waals surface area contributed by atoms with E-state index in [0.717, 1.165) is 0 Å². The summed E-state index contributed by atoms with van der Waals surface area (Å²) < 4.78 is 0. The van der Waals surface area contributed by atoms with Gasteiger partial charge in [0.2, 0.25) is 0 Å². The number of benzene rings is 1. The molecule has 0 saturated carbocycles. The van der Waals surface area contributed by atoms with Crippen molar-refractivity contribution in [1.29, 1.82) is 0 Å². The molecule has 0 aliphatic carbocycles. The average Bonchev–Trinajstić information content (AvgIpc) is 2.09. The number of hydrogen-bond donors (Lipinski definition) is 1. The average molecular weight is 163 g/mol. The second-order valence-electron chi connectivity index (χ2n) is 2.59. The standard InChI is InChI=1S/C10H13NO/c1-9-5-2-3-6-10(9)7-4-8-12-11/h2-7H,8,11H2,1H3/b7-4+. The van der Waals surface area contributed by atoms with E-state index < -0.39 is 0 Å².